The maximum atomic E-state index is 5.42. The molecule has 0 aliphatic heterocycles. The van der Waals surface area contributed by atoms with E-state index >= 15 is 0 Å². The maximum absolute atomic E-state index is 5.42. The first-order valence-electron chi connectivity index (χ1n) is 4.62. The molecule has 0 rings (SSSR count). The minimum atomic E-state index is 0. The molecule has 0 saturated heterocycles. The molecule has 0 aliphatic rings. The first kappa shape index (κ1) is 16.2. The summed E-state index contributed by atoms with van der Waals surface area (Å²) in [7, 11) is 0. The number of hydrogen-bond acceptors (Lipinski definition) is 2. The average molecular weight is 261 g/mol. The van der Waals surface area contributed by atoms with E-state index in [1.54, 1.807) is 11.8 Å². The molecular weight excluding hydrogens is 242 g/mol. The molecule has 2 N–H and O–H groups in total. The van der Waals surface area contributed by atoms with Crippen molar-refractivity contribution < 1.29 is 17.1 Å². The van der Waals surface area contributed by atoms with E-state index in [1.165, 1.54) is 25.7 Å². The van der Waals surface area contributed by atoms with Gasteiger partial charge < -0.3 is 5.73 Å². The van der Waals surface area contributed by atoms with Crippen LogP contribution >= 0.6 is 24.0 Å². The Bertz CT molecular complexity index is 131. The van der Waals surface area contributed by atoms with E-state index < -0.39 is 0 Å². The van der Waals surface area contributed by atoms with Crippen molar-refractivity contribution in [2.75, 3.05) is 5.75 Å². The maximum Gasteiger partial charge on any atom is 0.131 e. The van der Waals surface area contributed by atoms with Crippen LogP contribution < -0.4 is 5.73 Å². The first-order chi connectivity index (χ1) is 5.70. The molecule has 0 bridgehead atoms. The summed E-state index contributed by atoms with van der Waals surface area (Å²) in [5.41, 5.74) is 5.42. The molecule has 1 unspecified atom stereocenters. The van der Waals surface area contributed by atoms with E-state index in [-0.39, 0.29) is 17.1 Å². The third-order valence-electron chi connectivity index (χ3n) is 2.00. The Labute approximate surface area is 102 Å². The van der Waals surface area contributed by atoms with E-state index in [1.807, 2.05) is 0 Å². The Morgan fingerprint density at radius 3 is 2.46 bits per heavy atom. The van der Waals surface area contributed by atoms with Gasteiger partial charge in [-0.2, -0.15) is 0 Å². The summed E-state index contributed by atoms with van der Waals surface area (Å²) >= 11 is 6.44. The number of thioether (sulfide) groups is 1. The van der Waals surface area contributed by atoms with Crippen LogP contribution in [-0.4, -0.2) is 10.1 Å². The number of rotatable bonds is 6. The monoisotopic (exact) mass is 261 g/mol. The summed E-state index contributed by atoms with van der Waals surface area (Å²) in [6.45, 7) is 4.47. The third-order valence-corrected chi connectivity index (χ3v) is 3.28. The minimum absolute atomic E-state index is 0. The van der Waals surface area contributed by atoms with Crippen molar-refractivity contribution in [3.8, 4) is 0 Å². The van der Waals surface area contributed by atoms with Crippen LogP contribution in [0.4, 0.5) is 0 Å². The molecule has 1 nitrogen and oxygen atoms in total. The van der Waals surface area contributed by atoms with Crippen molar-refractivity contribution in [2.45, 2.75) is 39.5 Å². The number of hydrogen-bond donors (Lipinski definition) is 1. The van der Waals surface area contributed by atoms with Crippen LogP contribution in [0.1, 0.15) is 39.5 Å². The van der Waals surface area contributed by atoms with E-state index in [9.17, 15) is 0 Å². The molecule has 0 fully saturated rings. The van der Waals surface area contributed by atoms with Gasteiger partial charge in [0.2, 0.25) is 0 Å². The van der Waals surface area contributed by atoms with Crippen molar-refractivity contribution in [3.05, 3.63) is 0 Å². The molecule has 0 amide bonds. The smallest absolute Gasteiger partial charge is 0.131 e. The Morgan fingerprint density at radius 2 is 2.08 bits per heavy atom. The van der Waals surface area contributed by atoms with Gasteiger partial charge in [0.15, 0.2) is 0 Å². The molecule has 0 aromatic heterocycles. The summed E-state index contributed by atoms with van der Waals surface area (Å²) in [5.74, 6) is 1.91. The van der Waals surface area contributed by atoms with Crippen molar-refractivity contribution in [3.63, 3.8) is 0 Å². The molecule has 13 heavy (non-hydrogen) atoms. The fourth-order valence-corrected chi connectivity index (χ4v) is 2.10. The number of unbranched alkanes of at least 4 members (excludes halogenated alkanes) is 1. The zero-order valence-corrected chi connectivity index (χ0v) is 11.1. The Kier molecular flexibility index (Phi) is 13.5. The fraction of sp³-hybridized carbons (Fsp3) is 0.889. The second-order valence-electron chi connectivity index (χ2n) is 3.05. The SMILES string of the molecule is CCCCC(CC)CSC(N)=S.[Fe]. The standard InChI is InChI=1S/C9H19NS2.Fe/c1-3-5-6-8(4-2)7-12-9(10)11;/h8H,3-7H2,1-2H3,(H2,10,11);. The van der Waals surface area contributed by atoms with Gasteiger partial charge >= 0.3 is 0 Å². The summed E-state index contributed by atoms with van der Waals surface area (Å²) in [6.07, 6.45) is 5.18. The van der Waals surface area contributed by atoms with Crippen LogP contribution in [0.3, 0.4) is 0 Å². The molecule has 0 radical (unpaired) electrons. The molecule has 80 valence electrons. The van der Waals surface area contributed by atoms with E-state index in [0.29, 0.717) is 4.32 Å². The molecular formula is C9H19FeNS2. The van der Waals surface area contributed by atoms with Crippen LogP contribution in [-0.2, 0) is 17.1 Å². The molecule has 0 aliphatic carbocycles. The van der Waals surface area contributed by atoms with Crippen molar-refractivity contribution in [2.24, 2.45) is 11.7 Å². The Hall–Kier alpha value is 0.759. The molecule has 0 aromatic rings. The number of nitrogens with two attached hydrogens (primary N) is 1. The van der Waals surface area contributed by atoms with Gasteiger partial charge in [0, 0.05) is 22.8 Å². The van der Waals surface area contributed by atoms with Crippen LogP contribution in [0.2, 0.25) is 0 Å². The normalized spacial score (nSPS) is 11.8. The Balaban J connectivity index is 0. The van der Waals surface area contributed by atoms with Crippen molar-refractivity contribution in [1.29, 1.82) is 0 Å². The second-order valence-corrected chi connectivity index (χ2v) is 4.81. The van der Waals surface area contributed by atoms with Crippen LogP contribution in [0, 0.1) is 5.92 Å². The molecule has 0 heterocycles. The van der Waals surface area contributed by atoms with Gasteiger partial charge in [0.05, 0.1) is 0 Å². The van der Waals surface area contributed by atoms with Crippen molar-refractivity contribution in [1.82, 2.24) is 0 Å². The van der Waals surface area contributed by atoms with E-state index in [0.717, 1.165) is 11.7 Å². The number of thiocarbonyl (C=S) groups is 1. The molecule has 1 atom stereocenters. The molecule has 0 spiro atoms. The third kappa shape index (κ3) is 10.7. The van der Waals surface area contributed by atoms with Gasteiger partial charge in [0.1, 0.15) is 4.32 Å². The van der Waals surface area contributed by atoms with Crippen LogP contribution in [0.15, 0.2) is 0 Å². The topological polar surface area (TPSA) is 26.0 Å². The van der Waals surface area contributed by atoms with Gasteiger partial charge in [0.25, 0.3) is 0 Å². The van der Waals surface area contributed by atoms with Crippen LogP contribution in [0.25, 0.3) is 0 Å². The zero-order chi connectivity index (χ0) is 9.40. The van der Waals surface area contributed by atoms with Crippen LogP contribution in [0.5, 0.6) is 0 Å². The Morgan fingerprint density at radius 1 is 1.46 bits per heavy atom. The fourth-order valence-electron chi connectivity index (χ4n) is 1.10. The first-order valence-corrected chi connectivity index (χ1v) is 6.02. The summed E-state index contributed by atoms with van der Waals surface area (Å²) in [6, 6.07) is 0. The van der Waals surface area contributed by atoms with Gasteiger partial charge in [-0.25, -0.2) is 0 Å². The second kappa shape index (κ2) is 10.8. The predicted molar refractivity (Wildman–Crippen MR) is 62.5 cm³/mol. The summed E-state index contributed by atoms with van der Waals surface area (Å²) in [5, 5.41) is 0. The van der Waals surface area contributed by atoms with Gasteiger partial charge in [-0.1, -0.05) is 57.1 Å². The molecule has 4 heteroatoms. The summed E-state index contributed by atoms with van der Waals surface area (Å²) in [4.78, 5) is 0. The largest absolute Gasteiger partial charge is 0.385 e. The predicted octanol–water partition coefficient (Wildman–Crippen LogP) is 3.18. The van der Waals surface area contributed by atoms with Crippen molar-refractivity contribution >= 4 is 28.3 Å². The van der Waals surface area contributed by atoms with E-state index in [2.05, 4.69) is 13.8 Å². The van der Waals surface area contributed by atoms with Gasteiger partial charge in [-0.05, 0) is 12.3 Å². The average Bonchev–Trinajstić information content (AvgIpc) is 2.05. The molecule has 0 saturated carbocycles. The quantitative estimate of drug-likeness (QED) is 0.587. The molecule has 0 aromatic carbocycles. The van der Waals surface area contributed by atoms with Gasteiger partial charge in [-0.15, -0.1) is 0 Å². The minimum Gasteiger partial charge on any atom is -0.385 e. The zero-order valence-electron chi connectivity index (χ0n) is 8.36. The van der Waals surface area contributed by atoms with E-state index in [4.69, 9.17) is 18.0 Å². The summed E-state index contributed by atoms with van der Waals surface area (Å²) < 4.78 is 0.588. The van der Waals surface area contributed by atoms with Gasteiger partial charge in [-0.3, -0.25) is 0 Å².